The van der Waals surface area contributed by atoms with Gasteiger partial charge < -0.3 is 14.8 Å². The van der Waals surface area contributed by atoms with Crippen LogP contribution in [0.1, 0.15) is 28.7 Å². The highest BCUT2D eigenvalue weighted by Crippen LogP contribution is 2.26. The zero-order valence-electron chi connectivity index (χ0n) is 17.3. The van der Waals surface area contributed by atoms with Crippen molar-refractivity contribution >= 4 is 17.6 Å². The molecule has 4 rings (SSSR count). The smallest absolute Gasteiger partial charge is 0.344 e. The van der Waals surface area contributed by atoms with Crippen molar-refractivity contribution in [1.29, 1.82) is 0 Å². The van der Waals surface area contributed by atoms with Crippen molar-refractivity contribution in [2.75, 3.05) is 18.5 Å². The molecule has 0 aliphatic heterocycles. The Balaban J connectivity index is 1.25. The Morgan fingerprint density at radius 2 is 1.61 bits per heavy atom. The summed E-state index contributed by atoms with van der Waals surface area (Å²) in [4.78, 5) is 24.3. The summed E-state index contributed by atoms with van der Waals surface area (Å²) in [5.41, 5.74) is 5.48. The van der Waals surface area contributed by atoms with Crippen LogP contribution in [0.4, 0.5) is 5.69 Å². The highest BCUT2D eigenvalue weighted by atomic mass is 16.6. The van der Waals surface area contributed by atoms with Crippen LogP contribution in [0.3, 0.4) is 0 Å². The number of rotatable bonds is 8. The third kappa shape index (κ3) is 5.72. The van der Waals surface area contributed by atoms with Gasteiger partial charge in [-0.2, -0.15) is 0 Å². The standard InChI is InChI=1S/C26H25NO4/c28-25(27-24-12-5-4-9-22(24)15-19-7-2-1-3-8-19)17-31-26(29)18-30-23-14-13-20-10-6-11-21(20)16-23/h1-5,7-9,12-14,16H,6,10-11,15,17-18H2,(H,27,28). The lowest BCUT2D eigenvalue weighted by Crippen LogP contribution is -2.24. The summed E-state index contributed by atoms with van der Waals surface area (Å²) in [6, 6.07) is 23.5. The number of esters is 1. The van der Waals surface area contributed by atoms with Crippen LogP contribution in [0.5, 0.6) is 5.75 Å². The van der Waals surface area contributed by atoms with Gasteiger partial charge in [-0.15, -0.1) is 0 Å². The van der Waals surface area contributed by atoms with Crippen molar-refractivity contribution in [3.05, 3.63) is 95.1 Å². The minimum absolute atomic E-state index is 0.226. The van der Waals surface area contributed by atoms with Crippen LogP contribution < -0.4 is 10.1 Å². The van der Waals surface area contributed by atoms with Crippen LogP contribution in [-0.2, 0) is 33.6 Å². The van der Waals surface area contributed by atoms with E-state index in [-0.39, 0.29) is 19.1 Å². The molecule has 31 heavy (non-hydrogen) atoms. The second-order valence-electron chi connectivity index (χ2n) is 7.60. The van der Waals surface area contributed by atoms with Crippen LogP contribution in [0.2, 0.25) is 0 Å². The van der Waals surface area contributed by atoms with Gasteiger partial charge in [-0.05, 0) is 66.1 Å². The minimum Gasteiger partial charge on any atom is -0.482 e. The molecular weight excluding hydrogens is 390 g/mol. The number of nitrogens with one attached hydrogen (secondary N) is 1. The number of anilines is 1. The van der Waals surface area contributed by atoms with Gasteiger partial charge in [-0.1, -0.05) is 54.6 Å². The molecule has 5 heteroatoms. The Labute approximate surface area is 182 Å². The molecule has 3 aromatic rings. The molecule has 3 aromatic carbocycles. The average molecular weight is 415 g/mol. The van der Waals surface area contributed by atoms with E-state index in [1.54, 1.807) is 0 Å². The third-order valence-corrected chi connectivity index (χ3v) is 5.32. The molecule has 0 aromatic heterocycles. The summed E-state index contributed by atoms with van der Waals surface area (Å²) in [5, 5.41) is 2.83. The quantitative estimate of drug-likeness (QED) is 0.557. The second-order valence-corrected chi connectivity index (χ2v) is 7.60. The fourth-order valence-electron chi connectivity index (χ4n) is 3.77. The Hall–Kier alpha value is -3.60. The molecule has 0 radical (unpaired) electrons. The van der Waals surface area contributed by atoms with Crippen molar-refractivity contribution in [2.24, 2.45) is 0 Å². The number of carbonyl (C=O) groups is 2. The Morgan fingerprint density at radius 3 is 2.48 bits per heavy atom. The van der Waals surface area contributed by atoms with E-state index in [1.807, 2.05) is 72.8 Å². The number of hydrogen-bond donors (Lipinski definition) is 1. The first-order valence-corrected chi connectivity index (χ1v) is 10.5. The van der Waals surface area contributed by atoms with E-state index in [2.05, 4.69) is 5.32 Å². The summed E-state index contributed by atoms with van der Waals surface area (Å²) in [6.45, 7) is -0.581. The van der Waals surface area contributed by atoms with Gasteiger partial charge in [0.05, 0.1) is 0 Å². The number of fused-ring (bicyclic) bond motifs is 1. The molecule has 1 amide bonds. The van der Waals surface area contributed by atoms with E-state index < -0.39 is 5.97 Å². The highest BCUT2D eigenvalue weighted by molar-refractivity contribution is 5.93. The highest BCUT2D eigenvalue weighted by Gasteiger charge is 2.13. The minimum atomic E-state index is -0.576. The lowest BCUT2D eigenvalue weighted by molar-refractivity contribution is -0.149. The van der Waals surface area contributed by atoms with Gasteiger partial charge in [-0.3, -0.25) is 4.79 Å². The lowest BCUT2D eigenvalue weighted by atomic mass is 10.0. The van der Waals surface area contributed by atoms with Crippen molar-refractivity contribution in [3.63, 3.8) is 0 Å². The predicted molar refractivity (Wildman–Crippen MR) is 119 cm³/mol. The fraction of sp³-hybridized carbons (Fsp3) is 0.231. The first-order chi connectivity index (χ1) is 15.2. The molecule has 0 saturated carbocycles. The molecule has 0 unspecified atom stereocenters. The van der Waals surface area contributed by atoms with Crippen molar-refractivity contribution in [3.8, 4) is 5.75 Å². The maximum atomic E-state index is 12.3. The van der Waals surface area contributed by atoms with Crippen LogP contribution in [0.25, 0.3) is 0 Å². The molecule has 0 bridgehead atoms. The molecule has 0 saturated heterocycles. The van der Waals surface area contributed by atoms with Gasteiger partial charge in [0, 0.05) is 5.69 Å². The Kier molecular flexibility index (Phi) is 6.62. The SMILES string of the molecule is O=C(COC(=O)COc1ccc2c(c1)CCC2)Nc1ccccc1Cc1ccccc1. The zero-order valence-corrected chi connectivity index (χ0v) is 17.3. The van der Waals surface area contributed by atoms with Crippen LogP contribution >= 0.6 is 0 Å². The summed E-state index contributed by atoms with van der Waals surface area (Å²) in [6.07, 6.45) is 4.00. The third-order valence-electron chi connectivity index (χ3n) is 5.32. The van der Waals surface area contributed by atoms with E-state index >= 15 is 0 Å². The van der Waals surface area contributed by atoms with Gasteiger partial charge in [0.2, 0.25) is 0 Å². The van der Waals surface area contributed by atoms with E-state index in [4.69, 9.17) is 9.47 Å². The Morgan fingerprint density at radius 1 is 0.839 bits per heavy atom. The topological polar surface area (TPSA) is 64.6 Å². The lowest BCUT2D eigenvalue weighted by Gasteiger charge is -2.12. The zero-order chi connectivity index (χ0) is 21.5. The largest absolute Gasteiger partial charge is 0.482 e. The molecule has 1 aliphatic carbocycles. The number of ether oxygens (including phenoxy) is 2. The van der Waals surface area contributed by atoms with Crippen molar-refractivity contribution in [2.45, 2.75) is 25.7 Å². The predicted octanol–water partition coefficient (Wildman–Crippen LogP) is 4.33. The molecule has 158 valence electrons. The second kappa shape index (κ2) is 9.94. The molecule has 0 spiro atoms. The van der Waals surface area contributed by atoms with Crippen LogP contribution in [-0.4, -0.2) is 25.1 Å². The first kappa shape index (κ1) is 20.7. The summed E-state index contributed by atoms with van der Waals surface area (Å²) >= 11 is 0. The molecule has 0 fully saturated rings. The molecule has 1 aliphatic rings. The fourth-order valence-corrected chi connectivity index (χ4v) is 3.77. The van der Waals surface area contributed by atoms with Crippen LogP contribution in [0, 0.1) is 0 Å². The van der Waals surface area contributed by atoms with Gasteiger partial charge in [-0.25, -0.2) is 4.79 Å². The van der Waals surface area contributed by atoms with Gasteiger partial charge >= 0.3 is 5.97 Å². The van der Waals surface area contributed by atoms with Crippen LogP contribution in [0.15, 0.2) is 72.8 Å². The molecule has 1 N–H and O–H groups in total. The van der Waals surface area contributed by atoms with Gasteiger partial charge in [0.15, 0.2) is 13.2 Å². The normalized spacial score (nSPS) is 12.1. The summed E-state index contributed by atoms with van der Waals surface area (Å²) in [7, 11) is 0. The summed E-state index contributed by atoms with van der Waals surface area (Å²) < 4.78 is 10.6. The number of carbonyl (C=O) groups excluding carboxylic acids is 2. The number of para-hydroxylation sites is 1. The van der Waals surface area contributed by atoms with Crippen molar-refractivity contribution in [1.82, 2.24) is 0 Å². The number of hydrogen-bond acceptors (Lipinski definition) is 4. The number of benzene rings is 3. The van der Waals surface area contributed by atoms with E-state index in [0.29, 0.717) is 17.9 Å². The Bertz CT molecular complexity index is 1060. The maximum Gasteiger partial charge on any atom is 0.344 e. The number of aryl methyl sites for hydroxylation is 2. The van der Waals surface area contributed by atoms with Gasteiger partial charge in [0.1, 0.15) is 5.75 Å². The van der Waals surface area contributed by atoms with Gasteiger partial charge in [0.25, 0.3) is 5.91 Å². The summed E-state index contributed by atoms with van der Waals surface area (Å²) in [5.74, 6) is -0.309. The van der Waals surface area contributed by atoms with E-state index in [9.17, 15) is 9.59 Å². The molecule has 0 heterocycles. The van der Waals surface area contributed by atoms with E-state index in [1.165, 1.54) is 11.1 Å². The monoisotopic (exact) mass is 415 g/mol. The van der Waals surface area contributed by atoms with Crippen molar-refractivity contribution < 1.29 is 19.1 Å². The molecular formula is C26H25NO4. The molecule has 5 nitrogen and oxygen atoms in total. The first-order valence-electron chi connectivity index (χ1n) is 10.5. The average Bonchev–Trinajstić information content (AvgIpc) is 3.26. The maximum absolute atomic E-state index is 12.3. The molecule has 0 atom stereocenters. The van der Waals surface area contributed by atoms with E-state index in [0.717, 1.165) is 30.4 Å². The number of amides is 1.